The van der Waals surface area contributed by atoms with Gasteiger partial charge in [0.1, 0.15) is 12.2 Å². The zero-order chi connectivity index (χ0) is 13.1. The molecule has 0 radical (unpaired) electrons. The lowest BCUT2D eigenvalue weighted by Gasteiger charge is -2.36. The van der Waals surface area contributed by atoms with Crippen LogP contribution in [0.15, 0.2) is 30.6 Å². The molecule has 1 aromatic heterocycles. The highest BCUT2D eigenvalue weighted by Crippen LogP contribution is 2.36. The predicted octanol–water partition coefficient (Wildman–Crippen LogP) is 2.19. The fraction of sp³-hybridized carbons (Fsp3) is 0.467. The normalized spacial score (nSPS) is 22.2. The lowest BCUT2D eigenvalue weighted by molar-refractivity contribution is 0.292. The maximum atomic E-state index is 4.12. The van der Waals surface area contributed by atoms with Crippen LogP contribution < -0.4 is 5.32 Å². The Kier molecular flexibility index (Phi) is 3.60. The van der Waals surface area contributed by atoms with Crippen molar-refractivity contribution in [3.63, 3.8) is 0 Å². The van der Waals surface area contributed by atoms with Crippen molar-refractivity contribution in [2.24, 2.45) is 0 Å². The average Bonchev–Trinajstić information content (AvgIpc) is 2.85. The number of benzene rings is 1. The molecule has 100 valence electrons. The molecule has 0 saturated heterocycles. The van der Waals surface area contributed by atoms with E-state index in [1.54, 1.807) is 6.33 Å². The summed E-state index contributed by atoms with van der Waals surface area (Å²) in [4.78, 5) is 4.12. The van der Waals surface area contributed by atoms with Crippen LogP contribution in [-0.2, 0) is 6.42 Å². The minimum Gasteiger partial charge on any atom is -0.313 e. The minimum atomic E-state index is 0.661. The summed E-state index contributed by atoms with van der Waals surface area (Å²) in [5, 5.41) is 10.3. The molecule has 0 spiro atoms. The van der Waals surface area contributed by atoms with Gasteiger partial charge in [0.05, 0.1) is 0 Å². The third-order valence-electron chi connectivity index (χ3n) is 3.91. The van der Waals surface area contributed by atoms with Gasteiger partial charge in [-0.15, -0.1) is 0 Å². The summed E-state index contributed by atoms with van der Waals surface area (Å²) in [6.45, 7) is 3.13. The van der Waals surface area contributed by atoms with E-state index in [0.29, 0.717) is 6.04 Å². The van der Waals surface area contributed by atoms with Gasteiger partial charge in [0.25, 0.3) is 0 Å². The second kappa shape index (κ2) is 5.53. The second-order valence-electron chi connectivity index (χ2n) is 5.42. The maximum absolute atomic E-state index is 4.12. The van der Waals surface area contributed by atoms with Crippen molar-refractivity contribution in [2.45, 2.75) is 38.1 Å². The Balaban J connectivity index is 1.41. The molecule has 1 fully saturated rings. The molecule has 1 saturated carbocycles. The summed E-state index contributed by atoms with van der Waals surface area (Å²) in [6.07, 6.45) is 4.98. The summed E-state index contributed by atoms with van der Waals surface area (Å²) in [7, 11) is 0. The average molecular weight is 256 g/mol. The summed E-state index contributed by atoms with van der Waals surface area (Å²) in [5.41, 5.74) is 2.85. The van der Waals surface area contributed by atoms with Crippen LogP contribution in [0, 0.1) is 6.92 Å². The number of nitrogens with zero attached hydrogens (tertiary/aromatic N) is 2. The molecular formula is C15H20N4. The van der Waals surface area contributed by atoms with E-state index in [2.05, 4.69) is 51.7 Å². The molecule has 0 unspecified atom stereocenters. The topological polar surface area (TPSA) is 53.6 Å². The summed E-state index contributed by atoms with van der Waals surface area (Å²) in [6, 6.07) is 9.55. The summed E-state index contributed by atoms with van der Waals surface area (Å²) < 4.78 is 0. The monoisotopic (exact) mass is 256 g/mol. The van der Waals surface area contributed by atoms with Crippen LogP contribution in [0.1, 0.15) is 35.7 Å². The lowest BCUT2D eigenvalue weighted by atomic mass is 9.75. The number of aromatic amines is 1. The number of rotatable bonds is 5. The molecule has 1 aromatic carbocycles. The van der Waals surface area contributed by atoms with Crippen molar-refractivity contribution in [1.82, 2.24) is 20.5 Å². The SMILES string of the molecule is Cc1cccc(C2CC(NCCc3ncn[nH]3)C2)c1. The van der Waals surface area contributed by atoms with Gasteiger partial charge in [-0.2, -0.15) is 5.10 Å². The molecule has 1 aliphatic rings. The Morgan fingerprint density at radius 3 is 3.00 bits per heavy atom. The number of hydrogen-bond acceptors (Lipinski definition) is 3. The zero-order valence-corrected chi connectivity index (χ0v) is 11.3. The van der Waals surface area contributed by atoms with Crippen LogP contribution in [0.3, 0.4) is 0 Å². The van der Waals surface area contributed by atoms with Crippen LogP contribution in [0.5, 0.6) is 0 Å². The number of aromatic nitrogens is 3. The van der Waals surface area contributed by atoms with E-state index in [4.69, 9.17) is 0 Å². The molecule has 4 nitrogen and oxygen atoms in total. The molecule has 1 heterocycles. The van der Waals surface area contributed by atoms with Crippen LogP contribution in [0.25, 0.3) is 0 Å². The molecule has 2 aromatic rings. The van der Waals surface area contributed by atoms with Crippen LogP contribution in [0.2, 0.25) is 0 Å². The maximum Gasteiger partial charge on any atom is 0.137 e. The van der Waals surface area contributed by atoms with Crippen molar-refractivity contribution in [2.75, 3.05) is 6.54 Å². The Morgan fingerprint density at radius 2 is 2.26 bits per heavy atom. The molecule has 3 rings (SSSR count). The largest absolute Gasteiger partial charge is 0.313 e. The van der Waals surface area contributed by atoms with Crippen molar-refractivity contribution >= 4 is 0 Å². The van der Waals surface area contributed by atoms with Gasteiger partial charge >= 0.3 is 0 Å². The molecule has 0 amide bonds. The third-order valence-corrected chi connectivity index (χ3v) is 3.91. The van der Waals surface area contributed by atoms with E-state index in [1.165, 1.54) is 24.0 Å². The smallest absolute Gasteiger partial charge is 0.137 e. The van der Waals surface area contributed by atoms with Gasteiger partial charge in [-0.05, 0) is 31.2 Å². The number of hydrogen-bond donors (Lipinski definition) is 2. The lowest BCUT2D eigenvalue weighted by Crippen LogP contribution is -2.41. The van der Waals surface area contributed by atoms with Gasteiger partial charge in [0.2, 0.25) is 0 Å². The molecule has 0 bridgehead atoms. The van der Waals surface area contributed by atoms with E-state index in [0.717, 1.165) is 24.7 Å². The van der Waals surface area contributed by atoms with E-state index in [1.807, 2.05) is 0 Å². The zero-order valence-electron chi connectivity index (χ0n) is 11.3. The molecular weight excluding hydrogens is 236 g/mol. The van der Waals surface area contributed by atoms with Gasteiger partial charge < -0.3 is 5.32 Å². The fourth-order valence-electron chi connectivity index (χ4n) is 2.73. The highest BCUT2D eigenvalue weighted by atomic mass is 15.2. The Hall–Kier alpha value is -1.68. The first-order valence-corrected chi connectivity index (χ1v) is 6.95. The first-order valence-electron chi connectivity index (χ1n) is 6.95. The Morgan fingerprint density at radius 1 is 1.37 bits per heavy atom. The van der Waals surface area contributed by atoms with Gasteiger partial charge in [0, 0.05) is 19.0 Å². The number of H-pyrrole nitrogens is 1. The standard InChI is InChI=1S/C15H20N4/c1-11-3-2-4-12(7-11)13-8-14(9-13)16-6-5-15-17-10-18-19-15/h2-4,7,10,13-14,16H,5-6,8-9H2,1H3,(H,17,18,19). The van der Waals surface area contributed by atoms with Crippen LogP contribution in [0.4, 0.5) is 0 Å². The van der Waals surface area contributed by atoms with Gasteiger partial charge in [-0.3, -0.25) is 5.10 Å². The van der Waals surface area contributed by atoms with Crippen LogP contribution >= 0.6 is 0 Å². The quantitative estimate of drug-likeness (QED) is 0.862. The third kappa shape index (κ3) is 3.01. The van der Waals surface area contributed by atoms with Gasteiger partial charge in [-0.25, -0.2) is 4.98 Å². The number of nitrogens with one attached hydrogen (secondary N) is 2. The van der Waals surface area contributed by atoms with E-state index >= 15 is 0 Å². The van der Waals surface area contributed by atoms with Crippen molar-refractivity contribution < 1.29 is 0 Å². The molecule has 0 aliphatic heterocycles. The summed E-state index contributed by atoms with van der Waals surface area (Å²) >= 11 is 0. The number of aryl methyl sites for hydroxylation is 1. The Labute approximate surface area is 113 Å². The van der Waals surface area contributed by atoms with E-state index in [-0.39, 0.29) is 0 Å². The molecule has 1 aliphatic carbocycles. The predicted molar refractivity (Wildman–Crippen MR) is 75.0 cm³/mol. The minimum absolute atomic E-state index is 0.661. The fourth-order valence-corrected chi connectivity index (χ4v) is 2.73. The van der Waals surface area contributed by atoms with Crippen molar-refractivity contribution in [1.29, 1.82) is 0 Å². The van der Waals surface area contributed by atoms with Gasteiger partial charge in [0.15, 0.2) is 0 Å². The van der Waals surface area contributed by atoms with E-state index < -0.39 is 0 Å². The molecule has 2 N–H and O–H groups in total. The first-order chi connectivity index (χ1) is 9.31. The first kappa shape index (κ1) is 12.4. The highest BCUT2D eigenvalue weighted by molar-refractivity contribution is 5.27. The Bertz CT molecular complexity index is 515. The summed E-state index contributed by atoms with van der Waals surface area (Å²) in [5.74, 6) is 1.70. The van der Waals surface area contributed by atoms with Crippen LogP contribution in [-0.4, -0.2) is 27.8 Å². The highest BCUT2D eigenvalue weighted by Gasteiger charge is 2.29. The molecule has 0 atom stereocenters. The van der Waals surface area contributed by atoms with Gasteiger partial charge in [-0.1, -0.05) is 29.8 Å². The van der Waals surface area contributed by atoms with Crippen molar-refractivity contribution in [3.8, 4) is 0 Å². The molecule has 4 heteroatoms. The van der Waals surface area contributed by atoms with E-state index in [9.17, 15) is 0 Å². The second-order valence-corrected chi connectivity index (χ2v) is 5.42. The molecule has 19 heavy (non-hydrogen) atoms. The van der Waals surface area contributed by atoms with Crippen molar-refractivity contribution in [3.05, 3.63) is 47.5 Å².